The zero-order valence-corrected chi connectivity index (χ0v) is 16.6. The van der Waals surface area contributed by atoms with Crippen LogP contribution in [0.3, 0.4) is 0 Å². The van der Waals surface area contributed by atoms with E-state index in [0.717, 1.165) is 12.0 Å². The average Bonchev–Trinajstić information content (AvgIpc) is 2.57. The van der Waals surface area contributed by atoms with E-state index >= 15 is 0 Å². The van der Waals surface area contributed by atoms with Crippen molar-refractivity contribution in [3.05, 3.63) is 58.6 Å². The highest BCUT2D eigenvalue weighted by atomic mass is 35.5. The maximum atomic E-state index is 12.5. The summed E-state index contributed by atoms with van der Waals surface area (Å²) in [4.78, 5) is 12.2. The van der Waals surface area contributed by atoms with Crippen LogP contribution in [-0.4, -0.2) is 20.9 Å². The van der Waals surface area contributed by atoms with Crippen molar-refractivity contribution in [2.45, 2.75) is 32.1 Å². The van der Waals surface area contributed by atoms with E-state index in [1.54, 1.807) is 25.1 Å². The summed E-state index contributed by atoms with van der Waals surface area (Å²) < 4.78 is 27.6. The second-order valence-electron chi connectivity index (χ2n) is 6.53. The smallest absolute Gasteiger partial charge is 0.261 e. The lowest BCUT2D eigenvalue weighted by molar-refractivity contribution is 0.0952. The van der Waals surface area contributed by atoms with Crippen molar-refractivity contribution in [3.8, 4) is 0 Å². The van der Waals surface area contributed by atoms with Gasteiger partial charge in [0, 0.05) is 17.1 Å². The van der Waals surface area contributed by atoms with E-state index in [1.807, 2.05) is 0 Å². The van der Waals surface area contributed by atoms with Crippen LogP contribution in [0.1, 0.15) is 36.2 Å². The van der Waals surface area contributed by atoms with Gasteiger partial charge in [0.05, 0.1) is 10.6 Å². The number of sulfonamides is 1. The van der Waals surface area contributed by atoms with Crippen molar-refractivity contribution in [2.75, 3.05) is 11.3 Å². The van der Waals surface area contributed by atoms with Crippen molar-refractivity contribution >= 4 is 33.2 Å². The fourth-order valence-corrected chi connectivity index (χ4v) is 3.66. The quantitative estimate of drug-likeness (QED) is 0.738. The summed E-state index contributed by atoms with van der Waals surface area (Å²) in [5, 5.41) is 3.36. The van der Waals surface area contributed by atoms with Crippen LogP contribution in [0.15, 0.2) is 47.4 Å². The van der Waals surface area contributed by atoms with Gasteiger partial charge in [0.2, 0.25) is 0 Å². The van der Waals surface area contributed by atoms with E-state index in [-0.39, 0.29) is 10.8 Å². The van der Waals surface area contributed by atoms with Gasteiger partial charge in [0.1, 0.15) is 0 Å². The number of amides is 1. The Labute approximate surface area is 159 Å². The molecule has 0 saturated heterocycles. The number of rotatable bonds is 7. The molecule has 0 aromatic heterocycles. The molecule has 2 aromatic rings. The Bertz CT molecular complexity index is 878. The summed E-state index contributed by atoms with van der Waals surface area (Å²) in [6.45, 7) is 6.53. The summed E-state index contributed by atoms with van der Waals surface area (Å²) in [5.41, 5.74) is 1.61. The van der Waals surface area contributed by atoms with Crippen molar-refractivity contribution < 1.29 is 13.2 Å². The molecule has 5 nitrogen and oxygen atoms in total. The molecule has 7 heteroatoms. The Hall–Kier alpha value is -2.05. The molecule has 2 aromatic carbocycles. The highest BCUT2D eigenvalue weighted by molar-refractivity contribution is 7.92. The van der Waals surface area contributed by atoms with E-state index in [1.165, 1.54) is 24.3 Å². The predicted octanol–water partition coefficient (Wildman–Crippen LogP) is 4.23. The number of aryl methyl sites for hydroxylation is 1. The van der Waals surface area contributed by atoms with Crippen LogP contribution in [0.25, 0.3) is 0 Å². The Morgan fingerprint density at radius 1 is 1.12 bits per heavy atom. The molecule has 0 saturated carbocycles. The van der Waals surface area contributed by atoms with Gasteiger partial charge < -0.3 is 5.32 Å². The SMILES string of the molecule is Cc1cc(Cl)ccc1NS(=O)(=O)c1ccc(C(=O)NCCC(C)C)cc1. The lowest BCUT2D eigenvalue weighted by Crippen LogP contribution is -2.25. The summed E-state index contributed by atoms with van der Waals surface area (Å²) >= 11 is 5.89. The molecule has 2 N–H and O–H groups in total. The molecular formula is C19H23ClN2O3S. The van der Waals surface area contributed by atoms with Crippen LogP contribution in [0.5, 0.6) is 0 Å². The lowest BCUT2D eigenvalue weighted by Gasteiger charge is -2.11. The molecule has 0 spiro atoms. The third-order valence-corrected chi connectivity index (χ3v) is 5.48. The first kappa shape index (κ1) is 20.3. The summed E-state index contributed by atoms with van der Waals surface area (Å²) in [5.74, 6) is 0.293. The van der Waals surface area contributed by atoms with Gasteiger partial charge >= 0.3 is 0 Å². The molecule has 0 atom stereocenters. The van der Waals surface area contributed by atoms with Gasteiger partial charge in [-0.2, -0.15) is 0 Å². The Balaban J connectivity index is 2.09. The highest BCUT2D eigenvalue weighted by Crippen LogP contribution is 2.23. The van der Waals surface area contributed by atoms with E-state index < -0.39 is 10.0 Å². The molecule has 1 amide bonds. The van der Waals surface area contributed by atoms with Gasteiger partial charge in [0.25, 0.3) is 15.9 Å². The zero-order valence-electron chi connectivity index (χ0n) is 15.0. The minimum Gasteiger partial charge on any atom is -0.352 e. The number of halogens is 1. The zero-order chi connectivity index (χ0) is 19.3. The highest BCUT2D eigenvalue weighted by Gasteiger charge is 2.16. The first-order valence-corrected chi connectivity index (χ1v) is 10.2. The molecule has 26 heavy (non-hydrogen) atoms. The number of hydrogen-bond acceptors (Lipinski definition) is 3. The Morgan fingerprint density at radius 3 is 2.35 bits per heavy atom. The molecular weight excluding hydrogens is 372 g/mol. The molecule has 0 heterocycles. The fourth-order valence-electron chi connectivity index (χ4n) is 2.31. The van der Waals surface area contributed by atoms with Crippen LogP contribution in [0.2, 0.25) is 5.02 Å². The molecule has 2 rings (SSSR count). The normalized spacial score (nSPS) is 11.4. The first-order valence-electron chi connectivity index (χ1n) is 8.36. The summed E-state index contributed by atoms with van der Waals surface area (Å²) in [7, 11) is -3.74. The number of anilines is 1. The van der Waals surface area contributed by atoms with Crippen LogP contribution in [0, 0.1) is 12.8 Å². The first-order chi connectivity index (χ1) is 12.2. The van der Waals surface area contributed by atoms with Gasteiger partial charge in [-0.3, -0.25) is 9.52 Å². The maximum Gasteiger partial charge on any atom is 0.261 e. The van der Waals surface area contributed by atoms with Crippen molar-refractivity contribution in [1.82, 2.24) is 5.32 Å². The van der Waals surface area contributed by atoms with Gasteiger partial charge in [0.15, 0.2) is 0 Å². The molecule has 140 valence electrons. The van der Waals surface area contributed by atoms with Crippen LogP contribution in [0.4, 0.5) is 5.69 Å². The molecule has 0 aliphatic carbocycles. The van der Waals surface area contributed by atoms with Gasteiger partial charge in [-0.15, -0.1) is 0 Å². The van der Waals surface area contributed by atoms with E-state index in [4.69, 9.17) is 11.6 Å². The monoisotopic (exact) mass is 394 g/mol. The van der Waals surface area contributed by atoms with Crippen LogP contribution < -0.4 is 10.0 Å². The topological polar surface area (TPSA) is 75.3 Å². The Morgan fingerprint density at radius 2 is 1.77 bits per heavy atom. The van der Waals surface area contributed by atoms with Crippen LogP contribution >= 0.6 is 11.6 Å². The standard InChI is InChI=1S/C19H23ClN2O3S/c1-13(2)10-11-21-19(23)15-4-7-17(8-5-15)26(24,25)22-18-9-6-16(20)12-14(18)3/h4-9,12-13,22H,10-11H2,1-3H3,(H,21,23). The summed E-state index contributed by atoms with van der Waals surface area (Å²) in [6.07, 6.45) is 0.891. The van der Waals surface area contributed by atoms with Crippen LogP contribution in [-0.2, 0) is 10.0 Å². The largest absolute Gasteiger partial charge is 0.352 e. The van der Waals surface area contributed by atoms with Crippen molar-refractivity contribution in [2.24, 2.45) is 5.92 Å². The number of hydrogen-bond donors (Lipinski definition) is 2. The molecule has 0 aliphatic rings. The minimum atomic E-state index is -3.74. The second-order valence-corrected chi connectivity index (χ2v) is 8.65. The fraction of sp³-hybridized carbons (Fsp3) is 0.316. The van der Waals surface area contributed by atoms with Gasteiger partial charge in [-0.25, -0.2) is 8.42 Å². The van der Waals surface area contributed by atoms with E-state index in [2.05, 4.69) is 23.9 Å². The number of carbonyl (C=O) groups is 1. The number of benzene rings is 2. The third-order valence-electron chi connectivity index (χ3n) is 3.87. The molecule has 0 radical (unpaired) electrons. The second kappa shape index (κ2) is 8.56. The number of carbonyl (C=O) groups excluding carboxylic acids is 1. The lowest BCUT2D eigenvalue weighted by atomic mass is 10.1. The van der Waals surface area contributed by atoms with Gasteiger partial charge in [-0.05, 0) is 67.3 Å². The predicted molar refractivity (Wildman–Crippen MR) is 105 cm³/mol. The molecule has 0 bridgehead atoms. The maximum absolute atomic E-state index is 12.5. The molecule has 0 unspecified atom stereocenters. The average molecular weight is 395 g/mol. The Kier molecular flexibility index (Phi) is 6.67. The minimum absolute atomic E-state index is 0.0885. The summed E-state index contributed by atoms with van der Waals surface area (Å²) in [6, 6.07) is 10.8. The molecule has 0 aliphatic heterocycles. The van der Waals surface area contributed by atoms with E-state index in [0.29, 0.717) is 28.7 Å². The van der Waals surface area contributed by atoms with Gasteiger partial charge in [-0.1, -0.05) is 25.4 Å². The van der Waals surface area contributed by atoms with Crippen molar-refractivity contribution in [1.29, 1.82) is 0 Å². The number of nitrogens with one attached hydrogen (secondary N) is 2. The molecule has 0 fully saturated rings. The van der Waals surface area contributed by atoms with Crippen molar-refractivity contribution in [3.63, 3.8) is 0 Å². The third kappa shape index (κ3) is 5.47. The van der Waals surface area contributed by atoms with E-state index in [9.17, 15) is 13.2 Å².